The van der Waals surface area contributed by atoms with Crippen LogP contribution in [-0.2, 0) is 19.1 Å². The third-order valence-corrected chi connectivity index (χ3v) is 4.27. The monoisotopic (exact) mass is 368 g/mol. The van der Waals surface area contributed by atoms with Gasteiger partial charge in [0, 0.05) is 14.1 Å². The molecule has 0 aliphatic heterocycles. The van der Waals surface area contributed by atoms with Gasteiger partial charge in [0.05, 0.1) is 6.61 Å². The van der Waals surface area contributed by atoms with E-state index in [0.717, 1.165) is 30.6 Å². The number of likely N-dealkylation sites (N-methyl/N-ethyl adjacent to an activating group) is 2. The van der Waals surface area contributed by atoms with Gasteiger partial charge in [-0.05, 0) is 20.3 Å². The molecule has 148 valence electrons. The molecule has 26 heavy (non-hydrogen) atoms. The SMILES string of the molecule is C#CCOC(=O)N(C)C(C)C(=O)N(C)C(C)C(=O)OCCCCCCC. The van der Waals surface area contributed by atoms with Gasteiger partial charge in [-0.3, -0.25) is 9.69 Å². The summed E-state index contributed by atoms with van der Waals surface area (Å²) >= 11 is 0. The van der Waals surface area contributed by atoms with Crippen molar-refractivity contribution in [2.24, 2.45) is 0 Å². The van der Waals surface area contributed by atoms with Crippen molar-refractivity contribution >= 4 is 18.0 Å². The number of hydrogen-bond acceptors (Lipinski definition) is 5. The van der Waals surface area contributed by atoms with Gasteiger partial charge < -0.3 is 14.4 Å². The zero-order chi connectivity index (χ0) is 20.1. The van der Waals surface area contributed by atoms with Crippen LogP contribution >= 0.6 is 0 Å². The third-order valence-electron chi connectivity index (χ3n) is 4.27. The molecule has 0 bridgehead atoms. The Morgan fingerprint density at radius 3 is 2.15 bits per heavy atom. The van der Waals surface area contributed by atoms with Crippen molar-refractivity contribution in [1.29, 1.82) is 0 Å². The number of unbranched alkanes of at least 4 members (excludes halogenated alkanes) is 4. The van der Waals surface area contributed by atoms with Gasteiger partial charge in [-0.15, -0.1) is 6.42 Å². The molecule has 0 aliphatic carbocycles. The summed E-state index contributed by atoms with van der Waals surface area (Å²) in [7, 11) is 2.95. The second-order valence-corrected chi connectivity index (χ2v) is 6.25. The van der Waals surface area contributed by atoms with E-state index in [0.29, 0.717) is 6.61 Å². The zero-order valence-corrected chi connectivity index (χ0v) is 16.6. The van der Waals surface area contributed by atoms with Crippen molar-refractivity contribution in [3.8, 4) is 12.3 Å². The lowest BCUT2D eigenvalue weighted by Crippen LogP contribution is -2.51. The number of esters is 1. The Hall–Kier alpha value is -2.23. The van der Waals surface area contributed by atoms with Gasteiger partial charge in [-0.2, -0.15) is 0 Å². The van der Waals surface area contributed by atoms with Crippen molar-refractivity contribution in [1.82, 2.24) is 9.80 Å². The number of nitrogens with zero attached hydrogens (tertiary/aromatic N) is 2. The molecule has 0 heterocycles. The maximum atomic E-state index is 12.5. The lowest BCUT2D eigenvalue weighted by molar-refractivity contribution is -0.154. The van der Waals surface area contributed by atoms with Crippen molar-refractivity contribution in [2.45, 2.75) is 65.0 Å². The molecule has 0 saturated heterocycles. The molecule has 0 rings (SSSR count). The molecular weight excluding hydrogens is 336 g/mol. The van der Waals surface area contributed by atoms with Crippen LogP contribution < -0.4 is 0 Å². The van der Waals surface area contributed by atoms with Gasteiger partial charge in [-0.25, -0.2) is 9.59 Å². The molecule has 0 spiro atoms. The first-order chi connectivity index (χ1) is 12.3. The molecule has 0 fully saturated rings. The van der Waals surface area contributed by atoms with Gasteiger partial charge in [-0.1, -0.05) is 38.5 Å². The van der Waals surface area contributed by atoms with Crippen LogP contribution in [0.1, 0.15) is 52.9 Å². The Morgan fingerprint density at radius 1 is 0.962 bits per heavy atom. The average Bonchev–Trinajstić information content (AvgIpc) is 2.65. The van der Waals surface area contributed by atoms with Gasteiger partial charge >= 0.3 is 12.1 Å². The van der Waals surface area contributed by atoms with Gasteiger partial charge in [0.2, 0.25) is 5.91 Å². The first-order valence-electron chi connectivity index (χ1n) is 9.04. The summed E-state index contributed by atoms with van der Waals surface area (Å²) in [5, 5.41) is 0. The second-order valence-electron chi connectivity index (χ2n) is 6.25. The Bertz CT molecular complexity index is 501. The topological polar surface area (TPSA) is 76.2 Å². The smallest absolute Gasteiger partial charge is 0.411 e. The fourth-order valence-corrected chi connectivity index (χ4v) is 2.17. The van der Waals surface area contributed by atoms with E-state index >= 15 is 0 Å². The van der Waals surface area contributed by atoms with Crippen LogP contribution in [0, 0.1) is 12.3 Å². The summed E-state index contributed by atoms with van der Waals surface area (Å²) in [6, 6.07) is -1.54. The summed E-state index contributed by atoms with van der Waals surface area (Å²) in [4.78, 5) is 38.8. The van der Waals surface area contributed by atoms with Gasteiger partial charge in [0.25, 0.3) is 0 Å². The highest BCUT2D eigenvalue weighted by atomic mass is 16.6. The summed E-state index contributed by atoms with van der Waals surface area (Å²) in [5.74, 6) is 1.34. The van der Waals surface area contributed by atoms with E-state index in [2.05, 4.69) is 12.8 Å². The van der Waals surface area contributed by atoms with Crippen molar-refractivity contribution < 1.29 is 23.9 Å². The Kier molecular flexibility index (Phi) is 11.9. The lowest BCUT2D eigenvalue weighted by Gasteiger charge is -2.30. The van der Waals surface area contributed by atoms with Crippen LogP contribution in [0.15, 0.2) is 0 Å². The molecule has 0 N–H and O–H groups in total. The Morgan fingerprint density at radius 2 is 1.58 bits per heavy atom. The largest absolute Gasteiger partial charge is 0.464 e. The lowest BCUT2D eigenvalue weighted by atomic mass is 10.2. The fourth-order valence-electron chi connectivity index (χ4n) is 2.17. The number of terminal acetylenes is 1. The Balaban J connectivity index is 4.44. The number of ether oxygens (including phenoxy) is 2. The van der Waals surface area contributed by atoms with Gasteiger partial charge in [0.15, 0.2) is 6.61 Å². The van der Waals surface area contributed by atoms with Crippen LogP contribution in [0.5, 0.6) is 0 Å². The maximum absolute atomic E-state index is 12.5. The predicted octanol–water partition coefficient (Wildman–Crippen LogP) is 2.44. The molecule has 2 atom stereocenters. The molecule has 0 aliphatic rings. The average molecular weight is 368 g/mol. The van der Waals surface area contributed by atoms with Crippen LogP contribution in [0.2, 0.25) is 0 Å². The number of hydrogen-bond donors (Lipinski definition) is 0. The van der Waals surface area contributed by atoms with E-state index in [1.807, 2.05) is 0 Å². The molecule has 2 amide bonds. The van der Waals surface area contributed by atoms with Crippen LogP contribution in [-0.4, -0.2) is 67.2 Å². The summed E-state index contributed by atoms with van der Waals surface area (Å²) in [6.45, 7) is 5.48. The highest BCUT2D eigenvalue weighted by molar-refractivity contribution is 5.89. The highest BCUT2D eigenvalue weighted by Crippen LogP contribution is 2.08. The standard InChI is InChI=1S/C19H32N2O5/c1-7-9-10-11-12-14-25-18(23)16(4)20(5)17(22)15(3)21(6)19(24)26-13-8-2/h2,15-16H,7,9-14H2,1,3-6H3. The summed E-state index contributed by atoms with van der Waals surface area (Å²) in [6.07, 6.45) is 9.64. The number of rotatable bonds is 11. The summed E-state index contributed by atoms with van der Waals surface area (Å²) in [5.41, 5.74) is 0. The van der Waals surface area contributed by atoms with E-state index in [1.165, 1.54) is 25.4 Å². The fraction of sp³-hybridized carbons (Fsp3) is 0.737. The first kappa shape index (κ1) is 23.8. The maximum Gasteiger partial charge on any atom is 0.411 e. The van der Waals surface area contributed by atoms with Crippen LogP contribution in [0.25, 0.3) is 0 Å². The predicted molar refractivity (Wildman–Crippen MR) is 99.4 cm³/mol. The quantitative estimate of drug-likeness (QED) is 0.318. The highest BCUT2D eigenvalue weighted by Gasteiger charge is 2.31. The minimum absolute atomic E-state index is 0.166. The molecule has 0 aromatic rings. The van der Waals surface area contributed by atoms with E-state index < -0.39 is 30.1 Å². The third kappa shape index (κ3) is 8.24. The minimum atomic E-state index is -0.797. The molecule has 0 saturated carbocycles. The van der Waals surface area contributed by atoms with Crippen LogP contribution in [0.4, 0.5) is 4.79 Å². The molecule has 7 nitrogen and oxygen atoms in total. The summed E-state index contributed by atoms with van der Waals surface area (Å²) < 4.78 is 10.0. The van der Waals surface area contributed by atoms with Crippen molar-refractivity contribution in [3.05, 3.63) is 0 Å². The minimum Gasteiger partial charge on any atom is -0.464 e. The van der Waals surface area contributed by atoms with E-state index in [-0.39, 0.29) is 6.61 Å². The van der Waals surface area contributed by atoms with Crippen LogP contribution in [0.3, 0.4) is 0 Å². The molecule has 0 radical (unpaired) electrons. The number of carbonyl (C=O) groups is 3. The zero-order valence-electron chi connectivity index (χ0n) is 16.6. The normalized spacial score (nSPS) is 12.5. The Labute approximate surface area is 157 Å². The first-order valence-corrected chi connectivity index (χ1v) is 9.04. The van der Waals surface area contributed by atoms with E-state index in [9.17, 15) is 14.4 Å². The molecule has 2 unspecified atom stereocenters. The second kappa shape index (κ2) is 13.0. The van der Waals surface area contributed by atoms with Crippen molar-refractivity contribution in [3.63, 3.8) is 0 Å². The van der Waals surface area contributed by atoms with E-state index in [4.69, 9.17) is 15.9 Å². The molecule has 0 aromatic carbocycles. The number of carbonyl (C=O) groups excluding carboxylic acids is 3. The van der Waals surface area contributed by atoms with Gasteiger partial charge in [0.1, 0.15) is 12.1 Å². The molecular formula is C19H32N2O5. The number of amides is 2. The molecule has 7 heteroatoms. The molecule has 0 aromatic heterocycles. The van der Waals surface area contributed by atoms with Crippen molar-refractivity contribution in [2.75, 3.05) is 27.3 Å². The van der Waals surface area contributed by atoms with E-state index in [1.54, 1.807) is 13.8 Å².